The lowest BCUT2D eigenvalue weighted by Crippen LogP contribution is -2.44. The van der Waals surface area contributed by atoms with Gasteiger partial charge in [0.25, 0.3) is 0 Å². The van der Waals surface area contributed by atoms with E-state index < -0.39 is 0 Å². The first kappa shape index (κ1) is 15.3. The van der Waals surface area contributed by atoms with Gasteiger partial charge in [0.05, 0.1) is 18.4 Å². The van der Waals surface area contributed by atoms with Gasteiger partial charge in [-0.3, -0.25) is 4.79 Å². The van der Waals surface area contributed by atoms with Crippen molar-refractivity contribution in [1.29, 1.82) is 0 Å². The van der Waals surface area contributed by atoms with Crippen LogP contribution in [-0.4, -0.2) is 16.9 Å². The molecule has 2 aromatic heterocycles. The molecule has 1 fully saturated rings. The molecule has 118 valence electrons. The highest BCUT2D eigenvalue weighted by Gasteiger charge is 2.28. The average molecular weight is 318 g/mol. The number of hydrogen-bond acceptors (Lipinski definition) is 4. The Hall–Kier alpha value is -1.62. The number of carbonyl (C=O) groups is 1. The monoisotopic (exact) mass is 318 g/mol. The third-order valence-electron chi connectivity index (χ3n) is 4.68. The SMILES string of the molecule is CC1CCCC(NC(=O)Cc2csc(-c3ccco3)n2)C1C. The van der Waals surface area contributed by atoms with Crippen molar-refractivity contribution in [3.05, 3.63) is 29.5 Å². The van der Waals surface area contributed by atoms with Gasteiger partial charge in [-0.2, -0.15) is 0 Å². The number of amides is 1. The van der Waals surface area contributed by atoms with E-state index in [1.165, 1.54) is 24.2 Å². The molecule has 0 bridgehead atoms. The number of thiazole rings is 1. The molecule has 0 saturated heterocycles. The van der Waals surface area contributed by atoms with Crippen molar-refractivity contribution in [2.24, 2.45) is 11.8 Å². The van der Waals surface area contributed by atoms with Crippen molar-refractivity contribution < 1.29 is 9.21 Å². The molecule has 22 heavy (non-hydrogen) atoms. The molecule has 0 radical (unpaired) electrons. The largest absolute Gasteiger partial charge is 0.462 e. The molecule has 1 saturated carbocycles. The van der Waals surface area contributed by atoms with E-state index in [1.807, 2.05) is 17.5 Å². The zero-order valence-corrected chi connectivity index (χ0v) is 13.9. The Kier molecular flexibility index (Phi) is 4.62. The van der Waals surface area contributed by atoms with Crippen LogP contribution < -0.4 is 5.32 Å². The van der Waals surface area contributed by atoms with Gasteiger partial charge in [-0.1, -0.05) is 26.7 Å². The Morgan fingerprint density at radius 1 is 1.45 bits per heavy atom. The molecule has 3 rings (SSSR count). The first-order valence-electron chi connectivity index (χ1n) is 7.91. The molecule has 2 heterocycles. The summed E-state index contributed by atoms with van der Waals surface area (Å²) in [5.74, 6) is 2.06. The summed E-state index contributed by atoms with van der Waals surface area (Å²) in [7, 11) is 0. The maximum absolute atomic E-state index is 12.3. The predicted molar refractivity (Wildman–Crippen MR) is 87.6 cm³/mol. The molecule has 0 spiro atoms. The van der Waals surface area contributed by atoms with Crippen LogP contribution in [0.1, 0.15) is 38.8 Å². The van der Waals surface area contributed by atoms with Crippen LogP contribution in [0.15, 0.2) is 28.2 Å². The molecule has 3 unspecified atom stereocenters. The second kappa shape index (κ2) is 6.65. The second-order valence-electron chi connectivity index (χ2n) is 6.24. The van der Waals surface area contributed by atoms with Crippen molar-refractivity contribution in [3.8, 4) is 10.8 Å². The van der Waals surface area contributed by atoms with Crippen molar-refractivity contribution in [2.75, 3.05) is 0 Å². The average Bonchev–Trinajstić information content (AvgIpc) is 3.14. The number of aromatic nitrogens is 1. The molecule has 3 atom stereocenters. The van der Waals surface area contributed by atoms with Gasteiger partial charge < -0.3 is 9.73 Å². The zero-order chi connectivity index (χ0) is 15.5. The van der Waals surface area contributed by atoms with Gasteiger partial charge in [-0.15, -0.1) is 11.3 Å². The summed E-state index contributed by atoms with van der Waals surface area (Å²) in [4.78, 5) is 16.7. The van der Waals surface area contributed by atoms with Gasteiger partial charge >= 0.3 is 0 Å². The molecule has 5 heteroatoms. The Balaban J connectivity index is 1.58. The fourth-order valence-corrected chi connectivity index (χ4v) is 3.90. The summed E-state index contributed by atoms with van der Waals surface area (Å²) in [5, 5.41) is 5.96. The maximum atomic E-state index is 12.3. The number of hydrogen-bond donors (Lipinski definition) is 1. The van der Waals surface area contributed by atoms with Crippen LogP contribution in [0.4, 0.5) is 0 Å². The number of rotatable bonds is 4. The van der Waals surface area contributed by atoms with Crippen LogP contribution in [0.25, 0.3) is 10.8 Å². The zero-order valence-electron chi connectivity index (χ0n) is 13.0. The lowest BCUT2D eigenvalue weighted by Gasteiger charge is -2.34. The topological polar surface area (TPSA) is 55.1 Å². The van der Waals surface area contributed by atoms with E-state index >= 15 is 0 Å². The molecule has 0 aliphatic heterocycles. The maximum Gasteiger partial charge on any atom is 0.226 e. The number of nitrogens with zero attached hydrogens (tertiary/aromatic N) is 1. The summed E-state index contributed by atoms with van der Waals surface area (Å²) >= 11 is 1.51. The number of nitrogens with one attached hydrogen (secondary N) is 1. The minimum atomic E-state index is 0.0715. The summed E-state index contributed by atoms with van der Waals surface area (Å²) in [6.45, 7) is 4.52. The third kappa shape index (κ3) is 3.40. The molecule has 2 aromatic rings. The normalized spacial score (nSPS) is 25.1. The van der Waals surface area contributed by atoms with Gasteiger partial charge in [-0.25, -0.2) is 4.98 Å². The molecule has 0 aromatic carbocycles. The van der Waals surface area contributed by atoms with Gasteiger partial charge in [-0.05, 0) is 30.4 Å². The van der Waals surface area contributed by atoms with Gasteiger partial charge in [0.2, 0.25) is 5.91 Å². The highest BCUT2D eigenvalue weighted by Crippen LogP contribution is 2.29. The Bertz CT molecular complexity index is 620. The van der Waals surface area contributed by atoms with E-state index in [-0.39, 0.29) is 5.91 Å². The minimum Gasteiger partial charge on any atom is -0.462 e. The predicted octanol–water partition coefficient (Wildman–Crippen LogP) is 3.89. The summed E-state index contributed by atoms with van der Waals surface area (Å²) in [6.07, 6.45) is 5.54. The van der Waals surface area contributed by atoms with Crippen LogP contribution in [-0.2, 0) is 11.2 Å². The van der Waals surface area contributed by atoms with Crippen LogP contribution in [0.2, 0.25) is 0 Å². The smallest absolute Gasteiger partial charge is 0.226 e. The van der Waals surface area contributed by atoms with Crippen LogP contribution in [0.3, 0.4) is 0 Å². The van der Waals surface area contributed by atoms with Crippen LogP contribution in [0, 0.1) is 11.8 Å². The van der Waals surface area contributed by atoms with E-state index in [4.69, 9.17) is 4.42 Å². The Morgan fingerprint density at radius 2 is 2.32 bits per heavy atom. The van der Waals surface area contributed by atoms with E-state index in [0.717, 1.165) is 22.9 Å². The van der Waals surface area contributed by atoms with Gasteiger partial charge in [0.15, 0.2) is 10.8 Å². The van der Waals surface area contributed by atoms with E-state index in [0.29, 0.717) is 24.3 Å². The molecule has 1 amide bonds. The van der Waals surface area contributed by atoms with Crippen molar-refractivity contribution in [3.63, 3.8) is 0 Å². The van der Waals surface area contributed by atoms with Crippen LogP contribution >= 0.6 is 11.3 Å². The highest BCUT2D eigenvalue weighted by molar-refractivity contribution is 7.13. The van der Waals surface area contributed by atoms with Crippen molar-refractivity contribution in [2.45, 2.75) is 45.6 Å². The minimum absolute atomic E-state index is 0.0715. The molecule has 4 nitrogen and oxygen atoms in total. The van der Waals surface area contributed by atoms with E-state index in [2.05, 4.69) is 24.1 Å². The lowest BCUT2D eigenvalue weighted by molar-refractivity contribution is -0.121. The van der Waals surface area contributed by atoms with Crippen LogP contribution in [0.5, 0.6) is 0 Å². The lowest BCUT2D eigenvalue weighted by atomic mass is 9.78. The summed E-state index contributed by atoms with van der Waals surface area (Å²) < 4.78 is 5.33. The third-order valence-corrected chi connectivity index (χ3v) is 5.58. The van der Waals surface area contributed by atoms with Crippen molar-refractivity contribution >= 4 is 17.2 Å². The molecule has 1 aliphatic carbocycles. The second-order valence-corrected chi connectivity index (χ2v) is 7.10. The first-order valence-corrected chi connectivity index (χ1v) is 8.79. The molecular formula is C17H22N2O2S. The van der Waals surface area contributed by atoms with E-state index in [1.54, 1.807) is 6.26 Å². The fourth-order valence-electron chi connectivity index (χ4n) is 3.11. The summed E-state index contributed by atoms with van der Waals surface area (Å²) in [5.41, 5.74) is 0.811. The number of furan rings is 1. The number of carbonyl (C=O) groups excluding carboxylic acids is 1. The Morgan fingerprint density at radius 3 is 3.09 bits per heavy atom. The quantitative estimate of drug-likeness (QED) is 0.930. The standard InChI is InChI=1S/C17H22N2O2S/c1-11-5-3-6-14(12(11)2)19-16(20)9-13-10-22-17(18-13)15-7-4-8-21-15/h4,7-8,10-12,14H,3,5-6,9H2,1-2H3,(H,19,20). The van der Waals surface area contributed by atoms with Gasteiger partial charge in [0.1, 0.15) is 0 Å². The van der Waals surface area contributed by atoms with Gasteiger partial charge in [0, 0.05) is 11.4 Å². The first-order chi connectivity index (χ1) is 10.6. The van der Waals surface area contributed by atoms with Crippen molar-refractivity contribution in [1.82, 2.24) is 10.3 Å². The fraction of sp³-hybridized carbons (Fsp3) is 0.529. The highest BCUT2D eigenvalue weighted by atomic mass is 32.1. The van der Waals surface area contributed by atoms with E-state index in [9.17, 15) is 4.79 Å². The Labute approximate surface area is 134 Å². The summed E-state index contributed by atoms with van der Waals surface area (Å²) in [6, 6.07) is 4.03. The molecular weight excluding hydrogens is 296 g/mol. The molecule has 1 aliphatic rings. The molecule has 1 N–H and O–H groups in total.